The van der Waals surface area contributed by atoms with E-state index in [9.17, 15) is 14.7 Å². The molecule has 3 rings (SSSR count). The number of amides is 2. The molecule has 0 bridgehead atoms. The van der Waals surface area contributed by atoms with Gasteiger partial charge >= 0.3 is 6.09 Å². The van der Waals surface area contributed by atoms with Crippen LogP contribution >= 0.6 is 0 Å². The maximum Gasteiger partial charge on any atom is 0.407 e. The third-order valence-electron chi connectivity index (χ3n) is 5.78. The Hall–Kier alpha value is -2.51. The molecule has 2 fully saturated rings. The quantitative estimate of drug-likeness (QED) is 0.742. The van der Waals surface area contributed by atoms with E-state index in [1.807, 2.05) is 0 Å². The molecule has 3 heterocycles. The van der Waals surface area contributed by atoms with Crippen LogP contribution in [0.15, 0.2) is 18.2 Å². The van der Waals surface area contributed by atoms with Crippen LogP contribution in [0, 0.1) is 5.92 Å². The zero-order valence-corrected chi connectivity index (χ0v) is 16.6. The Labute approximate surface area is 166 Å². The van der Waals surface area contributed by atoms with Crippen molar-refractivity contribution in [3.63, 3.8) is 0 Å². The SMILES string of the molecule is CNC(=O)CN(CCC1CCN(c2cccc(N3CCCC3)n2)CC1)C(=O)O. The summed E-state index contributed by atoms with van der Waals surface area (Å²) in [6, 6.07) is 6.26. The Kier molecular flexibility index (Phi) is 6.95. The number of piperidine rings is 1. The molecule has 0 unspecified atom stereocenters. The normalized spacial score (nSPS) is 17.6. The number of carbonyl (C=O) groups excluding carboxylic acids is 1. The van der Waals surface area contributed by atoms with Crippen molar-refractivity contribution >= 4 is 23.6 Å². The molecule has 0 aliphatic carbocycles. The van der Waals surface area contributed by atoms with E-state index in [4.69, 9.17) is 4.98 Å². The fourth-order valence-corrected chi connectivity index (χ4v) is 3.99. The summed E-state index contributed by atoms with van der Waals surface area (Å²) in [5.41, 5.74) is 0. The van der Waals surface area contributed by atoms with Crippen molar-refractivity contribution in [3.8, 4) is 0 Å². The Bertz CT molecular complexity index is 670. The first-order chi connectivity index (χ1) is 13.6. The number of pyridine rings is 1. The van der Waals surface area contributed by atoms with E-state index in [0.29, 0.717) is 12.5 Å². The predicted molar refractivity (Wildman–Crippen MR) is 109 cm³/mol. The smallest absolute Gasteiger partial charge is 0.407 e. The van der Waals surface area contributed by atoms with Crippen LogP contribution in [-0.2, 0) is 4.79 Å². The van der Waals surface area contributed by atoms with Gasteiger partial charge < -0.3 is 20.2 Å². The molecule has 2 amide bonds. The lowest BCUT2D eigenvalue weighted by Crippen LogP contribution is -2.41. The summed E-state index contributed by atoms with van der Waals surface area (Å²) in [6.07, 6.45) is 4.27. The highest BCUT2D eigenvalue weighted by Crippen LogP contribution is 2.26. The topological polar surface area (TPSA) is 89.0 Å². The van der Waals surface area contributed by atoms with Gasteiger partial charge in [0.15, 0.2) is 0 Å². The average Bonchev–Trinajstić information content (AvgIpc) is 3.26. The number of carboxylic acid groups (broad SMARTS) is 1. The monoisotopic (exact) mass is 389 g/mol. The van der Waals surface area contributed by atoms with Gasteiger partial charge in [-0.05, 0) is 50.2 Å². The Balaban J connectivity index is 1.48. The third kappa shape index (κ3) is 5.27. The van der Waals surface area contributed by atoms with Crippen LogP contribution in [0.1, 0.15) is 32.1 Å². The molecule has 8 heteroatoms. The van der Waals surface area contributed by atoms with Gasteiger partial charge in [0.1, 0.15) is 18.2 Å². The highest BCUT2D eigenvalue weighted by molar-refractivity contribution is 5.81. The number of anilines is 2. The molecule has 2 N–H and O–H groups in total. The summed E-state index contributed by atoms with van der Waals surface area (Å²) in [7, 11) is 1.52. The molecule has 0 radical (unpaired) electrons. The summed E-state index contributed by atoms with van der Waals surface area (Å²) in [6.45, 7) is 4.35. The highest BCUT2D eigenvalue weighted by atomic mass is 16.4. The average molecular weight is 390 g/mol. The van der Waals surface area contributed by atoms with Crippen molar-refractivity contribution in [2.24, 2.45) is 5.92 Å². The molecule has 0 atom stereocenters. The Morgan fingerprint density at radius 3 is 2.32 bits per heavy atom. The lowest BCUT2D eigenvalue weighted by Gasteiger charge is -2.34. The molecule has 8 nitrogen and oxygen atoms in total. The van der Waals surface area contributed by atoms with Gasteiger partial charge in [-0.25, -0.2) is 9.78 Å². The van der Waals surface area contributed by atoms with E-state index in [1.165, 1.54) is 24.8 Å². The minimum atomic E-state index is -1.04. The molecule has 0 saturated carbocycles. The van der Waals surface area contributed by atoms with Crippen LogP contribution in [0.2, 0.25) is 0 Å². The first-order valence-electron chi connectivity index (χ1n) is 10.2. The zero-order valence-electron chi connectivity index (χ0n) is 16.6. The van der Waals surface area contributed by atoms with Gasteiger partial charge in [-0.2, -0.15) is 0 Å². The van der Waals surface area contributed by atoms with Crippen LogP contribution < -0.4 is 15.1 Å². The Morgan fingerprint density at radius 2 is 1.75 bits per heavy atom. The van der Waals surface area contributed by atoms with Crippen LogP contribution in [0.3, 0.4) is 0 Å². The third-order valence-corrected chi connectivity index (χ3v) is 5.78. The van der Waals surface area contributed by atoms with Crippen molar-refractivity contribution in [2.75, 3.05) is 56.1 Å². The van der Waals surface area contributed by atoms with Gasteiger partial charge in [-0.3, -0.25) is 9.69 Å². The molecule has 0 aromatic carbocycles. The van der Waals surface area contributed by atoms with Crippen LogP contribution in [0.4, 0.5) is 16.4 Å². The van der Waals surface area contributed by atoms with Crippen LogP contribution in [0.5, 0.6) is 0 Å². The molecule has 2 aliphatic heterocycles. The standard InChI is InChI=1S/C20H31N5O3/c1-21-19(26)15-25(20(27)28)14-9-16-7-12-24(13-8-16)18-6-4-5-17(22-18)23-10-2-3-11-23/h4-6,16H,2-3,7-15H2,1H3,(H,21,26)(H,27,28). The summed E-state index contributed by atoms with van der Waals surface area (Å²) >= 11 is 0. The number of nitrogens with zero attached hydrogens (tertiary/aromatic N) is 4. The second-order valence-electron chi connectivity index (χ2n) is 7.64. The fourth-order valence-electron chi connectivity index (χ4n) is 3.99. The van der Waals surface area contributed by atoms with E-state index in [1.54, 1.807) is 0 Å². The number of hydrogen-bond acceptors (Lipinski definition) is 5. The second kappa shape index (κ2) is 9.61. The minimum absolute atomic E-state index is 0.0993. The molecule has 154 valence electrons. The van der Waals surface area contributed by atoms with E-state index in [0.717, 1.165) is 57.1 Å². The lowest BCUT2D eigenvalue weighted by atomic mass is 9.93. The number of rotatable bonds is 7. The highest BCUT2D eigenvalue weighted by Gasteiger charge is 2.23. The largest absolute Gasteiger partial charge is 0.465 e. The van der Waals surface area contributed by atoms with E-state index in [2.05, 4.69) is 33.3 Å². The van der Waals surface area contributed by atoms with Crippen molar-refractivity contribution in [2.45, 2.75) is 32.1 Å². The minimum Gasteiger partial charge on any atom is -0.465 e. The maximum absolute atomic E-state index is 11.5. The summed E-state index contributed by atoms with van der Waals surface area (Å²) < 4.78 is 0. The molecular formula is C20H31N5O3. The number of likely N-dealkylation sites (N-methyl/N-ethyl adjacent to an activating group) is 1. The van der Waals surface area contributed by atoms with E-state index < -0.39 is 6.09 Å². The van der Waals surface area contributed by atoms with Gasteiger partial charge in [0.05, 0.1) is 0 Å². The van der Waals surface area contributed by atoms with Crippen molar-refractivity contribution < 1.29 is 14.7 Å². The molecule has 28 heavy (non-hydrogen) atoms. The van der Waals surface area contributed by atoms with Crippen LogP contribution in [-0.4, -0.2) is 73.3 Å². The molecule has 2 saturated heterocycles. The summed E-state index contributed by atoms with van der Waals surface area (Å²) in [5, 5.41) is 11.8. The molecule has 1 aromatic heterocycles. The number of carbonyl (C=O) groups is 2. The van der Waals surface area contributed by atoms with Gasteiger partial charge in [0, 0.05) is 39.8 Å². The number of aromatic nitrogens is 1. The molecule has 0 spiro atoms. The molecule has 1 aromatic rings. The van der Waals surface area contributed by atoms with E-state index in [-0.39, 0.29) is 12.5 Å². The first kappa shape index (κ1) is 20.2. The number of hydrogen-bond donors (Lipinski definition) is 2. The summed E-state index contributed by atoms with van der Waals surface area (Å²) in [4.78, 5) is 33.5. The van der Waals surface area contributed by atoms with Gasteiger partial charge in [0.25, 0.3) is 0 Å². The van der Waals surface area contributed by atoms with Crippen molar-refractivity contribution in [3.05, 3.63) is 18.2 Å². The van der Waals surface area contributed by atoms with Gasteiger partial charge in [-0.15, -0.1) is 0 Å². The number of nitrogens with one attached hydrogen (secondary N) is 1. The van der Waals surface area contributed by atoms with Crippen molar-refractivity contribution in [1.29, 1.82) is 0 Å². The zero-order chi connectivity index (χ0) is 19.9. The van der Waals surface area contributed by atoms with Crippen LogP contribution in [0.25, 0.3) is 0 Å². The fraction of sp³-hybridized carbons (Fsp3) is 0.650. The first-order valence-corrected chi connectivity index (χ1v) is 10.2. The summed E-state index contributed by atoms with van der Waals surface area (Å²) in [5.74, 6) is 2.31. The maximum atomic E-state index is 11.5. The van der Waals surface area contributed by atoms with Crippen molar-refractivity contribution in [1.82, 2.24) is 15.2 Å². The molecule has 2 aliphatic rings. The Morgan fingerprint density at radius 1 is 1.14 bits per heavy atom. The molecular weight excluding hydrogens is 358 g/mol. The van der Waals surface area contributed by atoms with E-state index >= 15 is 0 Å². The second-order valence-corrected chi connectivity index (χ2v) is 7.64. The van der Waals surface area contributed by atoms with Gasteiger partial charge in [0.2, 0.25) is 5.91 Å². The lowest BCUT2D eigenvalue weighted by molar-refractivity contribution is -0.121. The predicted octanol–water partition coefficient (Wildman–Crippen LogP) is 2.01. The van der Waals surface area contributed by atoms with Gasteiger partial charge in [-0.1, -0.05) is 6.07 Å².